The second-order valence-corrected chi connectivity index (χ2v) is 7.17. The summed E-state index contributed by atoms with van der Waals surface area (Å²) < 4.78 is 41.0. The van der Waals surface area contributed by atoms with E-state index in [0.29, 0.717) is 5.56 Å². The van der Waals surface area contributed by atoms with Crippen molar-refractivity contribution in [2.45, 2.75) is 11.0 Å². The molecule has 0 aliphatic heterocycles. The van der Waals surface area contributed by atoms with E-state index < -0.39 is 21.8 Å². The van der Waals surface area contributed by atoms with Crippen molar-refractivity contribution in [3.05, 3.63) is 58.9 Å². The van der Waals surface area contributed by atoms with Gasteiger partial charge in [-0.25, -0.2) is 12.8 Å². The lowest BCUT2D eigenvalue weighted by molar-refractivity contribution is 0.108. The number of rotatable bonds is 5. The Balaban J connectivity index is 2.04. The molecule has 0 radical (unpaired) electrons. The van der Waals surface area contributed by atoms with Crippen LogP contribution in [0.15, 0.2) is 47.4 Å². The van der Waals surface area contributed by atoms with Crippen LogP contribution in [-0.4, -0.2) is 26.4 Å². The number of aliphatic hydroxyl groups excluding tert-OH is 1. The SMILES string of the molecule is CS(=O)(=O)c1ccc(C(O)COc2ccc(F)cc2Cl)cc1. The summed E-state index contributed by atoms with van der Waals surface area (Å²) in [4.78, 5) is 0.172. The third-order valence-corrected chi connectivity index (χ3v) is 4.41. The van der Waals surface area contributed by atoms with Crippen molar-refractivity contribution in [1.82, 2.24) is 0 Å². The average Bonchev–Trinajstić information content (AvgIpc) is 2.45. The lowest BCUT2D eigenvalue weighted by Crippen LogP contribution is -2.10. The predicted molar refractivity (Wildman–Crippen MR) is 81.4 cm³/mol. The molecule has 4 nitrogen and oxygen atoms in total. The second kappa shape index (κ2) is 6.64. The van der Waals surface area contributed by atoms with Crippen molar-refractivity contribution in [1.29, 1.82) is 0 Å². The van der Waals surface area contributed by atoms with E-state index in [0.717, 1.165) is 12.3 Å². The summed E-state index contributed by atoms with van der Waals surface area (Å²) in [6.45, 7) is -0.0937. The van der Waals surface area contributed by atoms with E-state index in [4.69, 9.17) is 16.3 Å². The summed E-state index contributed by atoms with van der Waals surface area (Å²) >= 11 is 5.82. The van der Waals surface area contributed by atoms with Gasteiger partial charge in [0.25, 0.3) is 0 Å². The van der Waals surface area contributed by atoms with Gasteiger partial charge in [0.1, 0.15) is 24.3 Å². The van der Waals surface area contributed by atoms with Gasteiger partial charge < -0.3 is 9.84 Å². The van der Waals surface area contributed by atoms with Crippen LogP contribution in [0.4, 0.5) is 4.39 Å². The van der Waals surface area contributed by atoms with E-state index in [1.807, 2.05) is 0 Å². The van der Waals surface area contributed by atoms with Gasteiger partial charge in [0.05, 0.1) is 9.92 Å². The largest absolute Gasteiger partial charge is 0.489 e. The predicted octanol–water partition coefficient (Wildman–Crippen LogP) is 3.00. The maximum atomic E-state index is 12.9. The molecule has 118 valence electrons. The minimum Gasteiger partial charge on any atom is -0.489 e. The Labute approximate surface area is 133 Å². The summed E-state index contributed by atoms with van der Waals surface area (Å²) in [5.74, 6) is -0.218. The minimum absolute atomic E-state index is 0.0937. The molecule has 1 atom stereocenters. The molecular weight excluding hydrogens is 331 g/mol. The van der Waals surface area contributed by atoms with Crippen LogP contribution >= 0.6 is 11.6 Å². The quantitative estimate of drug-likeness (QED) is 0.905. The van der Waals surface area contributed by atoms with Gasteiger partial charge in [-0.05, 0) is 35.9 Å². The molecule has 2 aromatic carbocycles. The standard InChI is InChI=1S/C15H14ClFO4S/c1-22(19,20)12-5-2-10(3-6-12)14(18)9-21-15-7-4-11(17)8-13(15)16/h2-8,14,18H,9H2,1H3. The van der Waals surface area contributed by atoms with Crippen LogP contribution in [0.2, 0.25) is 5.02 Å². The van der Waals surface area contributed by atoms with Crippen LogP contribution in [0.3, 0.4) is 0 Å². The van der Waals surface area contributed by atoms with Crippen molar-refractivity contribution >= 4 is 21.4 Å². The summed E-state index contributed by atoms with van der Waals surface area (Å²) in [7, 11) is -3.28. The Hall–Kier alpha value is -1.63. The maximum Gasteiger partial charge on any atom is 0.175 e. The zero-order valence-electron chi connectivity index (χ0n) is 11.7. The zero-order valence-corrected chi connectivity index (χ0v) is 13.2. The van der Waals surface area contributed by atoms with Gasteiger partial charge in [0.2, 0.25) is 0 Å². The van der Waals surface area contributed by atoms with E-state index >= 15 is 0 Å². The first-order chi connectivity index (χ1) is 10.3. The van der Waals surface area contributed by atoms with Crippen molar-refractivity contribution < 1.29 is 22.7 Å². The molecule has 0 aromatic heterocycles. The lowest BCUT2D eigenvalue weighted by atomic mass is 10.1. The summed E-state index contributed by atoms with van der Waals surface area (Å²) in [5, 5.41) is 10.1. The molecule has 2 rings (SSSR count). The third-order valence-electron chi connectivity index (χ3n) is 2.98. The van der Waals surface area contributed by atoms with Gasteiger partial charge in [0.15, 0.2) is 9.84 Å². The monoisotopic (exact) mass is 344 g/mol. The van der Waals surface area contributed by atoms with Gasteiger partial charge in [-0.15, -0.1) is 0 Å². The van der Waals surface area contributed by atoms with Gasteiger partial charge in [-0.3, -0.25) is 0 Å². The molecule has 1 N–H and O–H groups in total. The average molecular weight is 345 g/mol. The molecule has 1 unspecified atom stereocenters. The number of hydrogen-bond acceptors (Lipinski definition) is 4. The smallest absolute Gasteiger partial charge is 0.175 e. The highest BCUT2D eigenvalue weighted by Gasteiger charge is 2.12. The number of hydrogen-bond donors (Lipinski definition) is 1. The molecule has 2 aromatic rings. The molecular formula is C15H14ClFO4S. The van der Waals surface area contributed by atoms with Gasteiger partial charge in [-0.1, -0.05) is 23.7 Å². The fraction of sp³-hybridized carbons (Fsp3) is 0.200. The highest BCUT2D eigenvalue weighted by Crippen LogP contribution is 2.26. The number of aliphatic hydroxyl groups is 1. The van der Waals surface area contributed by atoms with Crippen LogP contribution in [0.1, 0.15) is 11.7 Å². The van der Waals surface area contributed by atoms with Crippen LogP contribution in [0, 0.1) is 5.82 Å². The van der Waals surface area contributed by atoms with Gasteiger partial charge >= 0.3 is 0 Å². The fourth-order valence-electron chi connectivity index (χ4n) is 1.79. The molecule has 0 bridgehead atoms. The molecule has 0 spiro atoms. The van der Waals surface area contributed by atoms with Crippen molar-refractivity contribution in [3.63, 3.8) is 0 Å². The zero-order chi connectivity index (χ0) is 16.3. The first kappa shape index (κ1) is 16.7. The maximum absolute atomic E-state index is 12.9. The van der Waals surface area contributed by atoms with E-state index in [1.165, 1.54) is 36.4 Å². The number of benzene rings is 2. The number of sulfone groups is 1. The Kier molecular flexibility index (Phi) is 5.05. The Morgan fingerprint density at radius 2 is 1.86 bits per heavy atom. The van der Waals surface area contributed by atoms with Crippen molar-refractivity contribution in [3.8, 4) is 5.75 Å². The van der Waals surface area contributed by atoms with E-state index in [-0.39, 0.29) is 22.3 Å². The number of halogens is 2. The third kappa shape index (κ3) is 4.19. The molecule has 0 aliphatic rings. The summed E-state index contributed by atoms with van der Waals surface area (Å²) in [5.41, 5.74) is 0.505. The molecule has 7 heteroatoms. The van der Waals surface area contributed by atoms with Crippen molar-refractivity contribution in [2.75, 3.05) is 12.9 Å². The first-order valence-electron chi connectivity index (χ1n) is 6.33. The van der Waals surface area contributed by atoms with Crippen LogP contribution in [0.25, 0.3) is 0 Å². The topological polar surface area (TPSA) is 63.6 Å². The highest BCUT2D eigenvalue weighted by atomic mass is 35.5. The van der Waals surface area contributed by atoms with E-state index in [2.05, 4.69) is 0 Å². The second-order valence-electron chi connectivity index (χ2n) is 4.74. The molecule has 0 aliphatic carbocycles. The molecule has 0 amide bonds. The summed E-state index contributed by atoms with van der Waals surface area (Å²) in [6.07, 6.45) is 0.146. The van der Waals surface area contributed by atoms with E-state index in [9.17, 15) is 17.9 Å². The normalized spacial score (nSPS) is 12.9. The van der Waals surface area contributed by atoms with Crippen LogP contribution in [0.5, 0.6) is 5.75 Å². The van der Waals surface area contributed by atoms with Gasteiger partial charge in [-0.2, -0.15) is 0 Å². The lowest BCUT2D eigenvalue weighted by Gasteiger charge is -2.14. The Bertz CT molecular complexity index is 760. The Morgan fingerprint density at radius 1 is 1.23 bits per heavy atom. The molecule has 0 saturated carbocycles. The van der Waals surface area contributed by atoms with Gasteiger partial charge in [0, 0.05) is 6.26 Å². The first-order valence-corrected chi connectivity index (χ1v) is 8.60. The molecule has 22 heavy (non-hydrogen) atoms. The van der Waals surface area contributed by atoms with Crippen LogP contribution in [-0.2, 0) is 9.84 Å². The fourth-order valence-corrected chi connectivity index (χ4v) is 2.65. The number of ether oxygens (including phenoxy) is 1. The highest BCUT2D eigenvalue weighted by molar-refractivity contribution is 7.90. The molecule has 0 fully saturated rings. The van der Waals surface area contributed by atoms with Crippen molar-refractivity contribution in [2.24, 2.45) is 0 Å². The minimum atomic E-state index is -3.28. The van der Waals surface area contributed by atoms with Crippen LogP contribution < -0.4 is 4.74 Å². The Morgan fingerprint density at radius 3 is 2.41 bits per heavy atom. The van der Waals surface area contributed by atoms with E-state index in [1.54, 1.807) is 0 Å². The molecule has 0 heterocycles. The summed E-state index contributed by atoms with van der Waals surface area (Å²) in [6, 6.07) is 9.54. The molecule has 0 saturated heterocycles.